The molecule has 1 heterocycles. The SMILES string of the molecule is O=C(NCCC(=O)N1CCC(O)CC1)OCC1c2ccccc2-c2ccccc21. The topological polar surface area (TPSA) is 78.9 Å². The van der Waals surface area contributed by atoms with E-state index in [1.165, 1.54) is 22.3 Å². The second-order valence-electron chi connectivity index (χ2n) is 7.61. The number of alkyl carbamates (subject to hydrolysis) is 1. The van der Waals surface area contributed by atoms with E-state index in [1.54, 1.807) is 4.90 Å². The van der Waals surface area contributed by atoms with Crippen LogP contribution >= 0.6 is 0 Å². The fourth-order valence-electron chi connectivity index (χ4n) is 4.19. The molecule has 0 bridgehead atoms. The second kappa shape index (κ2) is 8.66. The number of ether oxygens (including phenoxy) is 1. The molecule has 6 nitrogen and oxygen atoms in total. The summed E-state index contributed by atoms with van der Waals surface area (Å²) in [5, 5.41) is 12.2. The molecule has 6 heteroatoms. The lowest BCUT2D eigenvalue weighted by Crippen LogP contribution is -2.41. The minimum absolute atomic E-state index is 0.00384. The van der Waals surface area contributed by atoms with Gasteiger partial charge in [-0.25, -0.2) is 4.79 Å². The smallest absolute Gasteiger partial charge is 0.407 e. The lowest BCUT2D eigenvalue weighted by atomic mass is 9.98. The van der Waals surface area contributed by atoms with Crippen molar-refractivity contribution < 1.29 is 19.4 Å². The van der Waals surface area contributed by atoms with Crippen molar-refractivity contribution in [2.75, 3.05) is 26.2 Å². The van der Waals surface area contributed by atoms with Crippen LogP contribution < -0.4 is 5.32 Å². The first kappa shape index (κ1) is 19.5. The Balaban J connectivity index is 1.26. The molecule has 0 aromatic heterocycles. The number of amides is 2. The summed E-state index contributed by atoms with van der Waals surface area (Å²) in [5.74, 6) is 0.0189. The molecule has 152 valence electrons. The van der Waals surface area contributed by atoms with E-state index in [-0.39, 0.29) is 37.5 Å². The Kier molecular flexibility index (Phi) is 5.81. The third kappa shape index (κ3) is 4.27. The number of nitrogens with zero attached hydrogens (tertiary/aromatic N) is 1. The Morgan fingerprint density at radius 2 is 1.59 bits per heavy atom. The van der Waals surface area contributed by atoms with Crippen LogP contribution in [0, 0.1) is 0 Å². The zero-order chi connectivity index (χ0) is 20.2. The molecule has 2 aliphatic rings. The van der Waals surface area contributed by atoms with Gasteiger partial charge in [-0.3, -0.25) is 4.79 Å². The van der Waals surface area contributed by atoms with E-state index >= 15 is 0 Å². The number of piperidine rings is 1. The van der Waals surface area contributed by atoms with Gasteiger partial charge in [-0.2, -0.15) is 0 Å². The normalized spacial score (nSPS) is 16.2. The van der Waals surface area contributed by atoms with E-state index < -0.39 is 6.09 Å². The first-order valence-corrected chi connectivity index (χ1v) is 10.2. The van der Waals surface area contributed by atoms with Crippen LogP contribution in [0.5, 0.6) is 0 Å². The zero-order valence-electron chi connectivity index (χ0n) is 16.3. The molecular formula is C23H26N2O4. The molecule has 1 aliphatic carbocycles. The van der Waals surface area contributed by atoms with Crippen molar-refractivity contribution in [3.63, 3.8) is 0 Å². The largest absolute Gasteiger partial charge is 0.449 e. The molecule has 4 rings (SSSR count). The van der Waals surface area contributed by atoms with E-state index in [4.69, 9.17) is 4.74 Å². The molecule has 0 unspecified atom stereocenters. The summed E-state index contributed by atoms with van der Waals surface area (Å²) in [6.07, 6.45) is 0.656. The highest BCUT2D eigenvalue weighted by Gasteiger charge is 2.29. The fourth-order valence-corrected chi connectivity index (χ4v) is 4.19. The van der Waals surface area contributed by atoms with Crippen LogP contribution in [0.3, 0.4) is 0 Å². The van der Waals surface area contributed by atoms with Crippen molar-refractivity contribution in [3.05, 3.63) is 59.7 Å². The number of benzene rings is 2. The molecule has 0 spiro atoms. The van der Waals surface area contributed by atoms with Crippen molar-refractivity contribution in [1.29, 1.82) is 0 Å². The van der Waals surface area contributed by atoms with Crippen molar-refractivity contribution in [1.82, 2.24) is 10.2 Å². The zero-order valence-corrected chi connectivity index (χ0v) is 16.3. The van der Waals surface area contributed by atoms with Crippen molar-refractivity contribution in [2.24, 2.45) is 0 Å². The van der Waals surface area contributed by atoms with Gasteiger partial charge in [-0.15, -0.1) is 0 Å². The van der Waals surface area contributed by atoms with Gasteiger partial charge in [-0.05, 0) is 35.1 Å². The highest BCUT2D eigenvalue weighted by molar-refractivity contribution is 5.79. The van der Waals surface area contributed by atoms with E-state index in [0.29, 0.717) is 25.9 Å². The number of carbonyl (C=O) groups excluding carboxylic acids is 2. The number of aliphatic hydroxyl groups excluding tert-OH is 1. The Hall–Kier alpha value is -2.86. The summed E-state index contributed by atoms with van der Waals surface area (Å²) >= 11 is 0. The highest BCUT2D eigenvalue weighted by atomic mass is 16.5. The third-order valence-electron chi connectivity index (χ3n) is 5.77. The molecule has 2 N–H and O–H groups in total. The standard InChI is InChI=1S/C23H26N2O4/c26-16-10-13-25(14-11-16)22(27)9-12-24-23(28)29-15-21-19-7-3-1-5-17(19)18-6-2-4-8-20(18)21/h1-8,16,21,26H,9-15H2,(H,24,28). The first-order chi connectivity index (χ1) is 14.1. The van der Waals surface area contributed by atoms with Gasteiger partial charge in [0.25, 0.3) is 0 Å². The summed E-state index contributed by atoms with van der Waals surface area (Å²) in [5.41, 5.74) is 4.72. The third-order valence-corrected chi connectivity index (χ3v) is 5.77. The predicted molar refractivity (Wildman–Crippen MR) is 110 cm³/mol. The molecule has 1 fully saturated rings. The van der Waals surface area contributed by atoms with Gasteiger partial charge < -0.3 is 20.1 Å². The maximum atomic E-state index is 12.2. The molecule has 0 radical (unpaired) electrons. The van der Waals surface area contributed by atoms with Crippen LogP contribution in [0.2, 0.25) is 0 Å². The monoisotopic (exact) mass is 394 g/mol. The average Bonchev–Trinajstić information content (AvgIpc) is 3.06. The molecule has 0 saturated carbocycles. The summed E-state index contributed by atoms with van der Waals surface area (Å²) in [7, 11) is 0. The number of hydrogen-bond acceptors (Lipinski definition) is 4. The molecule has 2 aromatic carbocycles. The average molecular weight is 394 g/mol. The predicted octanol–water partition coefficient (Wildman–Crippen LogP) is 2.90. The van der Waals surface area contributed by atoms with Crippen LogP contribution in [0.15, 0.2) is 48.5 Å². The van der Waals surface area contributed by atoms with Crippen LogP contribution in [0.25, 0.3) is 11.1 Å². The number of hydrogen-bond donors (Lipinski definition) is 2. The van der Waals surface area contributed by atoms with Gasteiger partial charge in [0.05, 0.1) is 6.10 Å². The second-order valence-corrected chi connectivity index (χ2v) is 7.61. The number of aliphatic hydroxyl groups is 1. The number of rotatable bonds is 5. The number of likely N-dealkylation sites (tertiary alicyclic amines) is 1. The van der Waals surface area contributed by atoms with E-state index in [1.807, 2.05) is 24.3 Å². The van der Waals surface area contributed by atoms with Crippen LogP contribution in [-0.4, -0.2) is 54.4 Å². The Bertz CT molecular complexity index is 844. The maximum Gasteiger partial charge on any atom is 0.407 e. The van der Waals surface area contributed by atoms with E-state index in [2.05, 4.69) is 29.6 Å². The summed E-state index contributed by atoms with van der Waals surface area (Å²) < 4.78 is 5.47. The van der Waals surface area contributed by atoms with Gasteiger partial charge in [0.2, 0.25) is 5.91 Å². The summed E-state index contributed by atoms with van der Waals surface area (Å²) in [4.78, 5) is 26.1. The van der Waals surface area contributed by atoms with Crippen LogP contribution in [-0.2, 0) is 9.53 Å². The number of carbonyl (C=O) groups is 2. The van der Waals surface area contributed by atoms with Crippen molar-refractivity contribution in [2.45, 2.75) is 31.3 Å². The van der Waals surface area contributed by atoms with E-state index in [9.17, 15) is 14.7 Å². The van der Waals surface area contributed by atoms with Gasteiger partial charge in [-0.1, -0.05) is 48.5 Å². The Morgan fingerprint density at radius 3 is 2.21 bits per heavy atom. The first-order valence-electron chi connectivity index (χ1n) is 10.2. The quantitative estimate of drug-likeness (QED) is 0.817. The molecule has 29 heavy (non-hydrogen) atoms. The maximum absolute atomic E-state index is 12.2. The molecule has 1 aliphatic heterocycles. The van der Waals surface area contributed by atoms with Gasteiger partial charge in [0, 0.05) is 32.0 Å². The van der Waals surface area contributed by atoms with E-state index in [0.717, 1.165) is 0 Å². The lowest BCUT2D eigenvalue weighted by molar-refractivity contribution is -0.133. The Labute approximate surface area is 170 Å². The van der Waals surface area contributed by atoms with Crippen molar-refractivity contribution in [3.8, 4) is 11.1 Å². The summed E-state index contributed by atoms with van der Waals surface area (Å²) in [6, 6.07) is 16.4. The minimum atomic E-state index is -0.506. The molecular weight excluding hydrogens is 368 g/mol. The Morgan fingerprint density at radius 1 is 1.00 bits per heavy atom. The number of nitrogens with one attached hydrogen (secondary N) is 1. The van der Waals surface area contributed by atoms with Crippen molar-refractivity contribution >= 4 is 12.0 Å². The minimum Gasteiger partial charge on any atom is -0.449 e. The lowest BCUT2D eigenvalue weighted by Gasteiger charge is -2.29. The number of fused-ring (bicyclic) bond motifs is 3. The van der Waals surface area contributed by atoms with Crippen LogP contribution in [0.4, 0.5) is 4.79 Å². The van der Waals surface area contributed by atoms with Crippen LogP contribution in [0.1, 0.15) is 36.3 Å². The molecule has 2 amide bonds. The molecule has 1 saturated heterocycles. The molecule has 2 aromatic rings. The highest BCUT2D eigenvalue weighted by Crippen LogP contribution is 2.44. The van der Waals surface area contributed by atoms with Gasteiger partial charge in [0.15, 0.2) is 0 Å². The van der Waals surface area contributed by atoms with Gasteiger partial charge in [0.1, 0.15) is 6.61 Å². The summed E-state index contributed by atoms with van der Waals surface area (Å²) in [6.45, 7) is 1.66. The molecule has 0 atom stereocenters. The fraction of sp³-hybridized carbons (Fsp3) is 0.391. The van der Waals surface area contributed by atoms with Gasteiger partial charge >= 0.3 is 6.09 Å².